The van der Waals surface area contributed by atoms with Crippen molar-refractivity contribution in [3.63, 3.8) is 0 Å². The zero-order valence-electron chi connectivity index (χ0n) is 9.17. The standard InChI is InChI=1S/C11H20N2/c1-5-6-7-11(2,3)10-8-12-13(4)9-10/h8-9H,5-7H2,1-4H3. The quantitative estimate of drug-likeness (QED) is 0.696. The van der Waals surface area contributed by atoms with Crippen LogP contribution in [0, 0.1) is 0 Å². The van der Waals surface area contributed by atoms with E-state index in [4.69, 9.17) is 0 Å². The first-order valence-electron chi connectivity index (χ1n) is 5.05. The lowest BCUT2D eigenvalue weighted by Gasteiger charge is -2.22. The van der Waals surface area contributed by atoms with Crippen molar-refractivity contribution < 1.29 is 0 Å². The van der Waals surface area contributed by atoms with Crippen molar-refractivity contribution >= 4 is 0 Å². The zero-order chi connectivity index (χ0) is 9.90. The fraction of sp³-hybridized carbons (Fsp3) is 0.727. The first-order chi connectivity index (χ1) is 6.06. The van der Waals surface area contributed by atoms with Gasteiger partial charge in [0.15, 0.2) is 0 Å². The van der Waals surface area contributed by atoms with E-state index >= 15 is 0 Å². The smallest absolute Gasteiger partial charge is 0.0527 e. The van der Waals surface area contributed by atoms with Gasteiger partial charge in [-0.05, 0) is 17.4 Å². The van der Waals surface area contributed by atoms with Crippen molar-refractivity contribution in [3.8, 4) is 0 Å². The number of hydrogen-bond donors (Lipinski definition) is 0. The van der Waals surface area contributed by atoms with Crippen LogP contribution in [-0.4, -0.2) is 9.78 Å². The Hall–Kier alpha value is -0.790. The van der Waals surface area contributed by atoms with E-state index in [1.807, 2.05) is 17.9 Å². The summed E-state index contributed by atoms with van der Waals surface area (Å²) in [7, 11) is 1.97. The van der Waals surface area contributed by atoms with Gasteiger partial charge in [0.2, 0.25) is 0 Å². The molecule has 0 aliphatic carbocycles. The number of nitrogens with zero attached hydrogens (tertiary/aromatic N) is 2. The number of aryl methyl sites for hydroxylation is 1. The molecule has 1 aromatic rings. The van der Waals surface area contributed by atoms with Gasteiger partial charge in [-0.25, -0.2) is 0 Å². The predicted molar refractivity (Wildman–Crippen MR) is 55.8 cm³/mol. The third kappa shape index (κ3) is 2.58. The molecular weight excluding hydrogens is 160 g/mol. The van der Waals surface area contributed by atoms with E-state index in [9.17, 15) is 0 Å². The largest absolute Gasteiger partial charge is 0.276 e. The van der Waals surface area contributed by atoms with Crippen molar-refractivity contribution in [2.45, 2.75) is 45.4 Å². The highest BCUT2D eigenvalue weighted by Gasteiger charge is 2.20. The van der Waals surface area contributed by atoms with Crippen LogP contribution in [0.5, 0.6) is 0 Å². The number of aromatic nitrogens is 2. The Balaban J connectivity index is 2.68. The van der Waals surface area contributed by atoms with Crippen LogP contribution >= 0.6 is 0 Å². The minimum Gasteiger partial charge on any atom is -0.276 e. The predicted octanol–water partition coefficient (Wildman–Crippen LogP) is 2.89. The summed E-state index contributed by atoms with van der Waals surface area (Å²) in [6.45, 7) is 6.82. The topological polar surface area (TPSA) is 17.8 Å². The van der Waals surface area contributed by atoms with Gasteiger partial charge in [-0.3, -0.25) is 4.68 Å². The molecule has 0 saturated carbocycles. The lowest BCUT2D eigenvalue weighted by Crippen LogP contribution is -2.15. The second kappa shape index (κ2) is 3.95. The van der Waals surface area contributed by atoms with Crippen LogP contribution in [0.2, 0.25) is 0 Å². The molecule has 0 atom stereocenters. The highest BCUT2D eigenvalue weighted by Crippen LogP contribution is 2.28. The Morgan fingerprint density at radius 3 is 2.62 bits per heavy atom. The van der Waals surface area contributed by atoms with E-state index in [1.165, 1.54) is 24.8 Å². The van der Waals surface area contributed by atoms with Gasteiger partial charge >= 0.3 is 0 Å². The Kier molecular flexibility index (Phi) is 3.12. The van der Waals surface area contributed by atoms with E-state index in [1.54, 1.807) is 0 Å². The SMILES string of the molecule is CCCCC(C)(C)c1cnn(C)c1. The Morgan fingerprint density at radius 1 is 1.46 bits per heavy atom. The third-order valence-corrected chi connectivity index (χ3v) is 2.64. The minimum absolute atomic E-state index is 0.282. The summed E-state index contributed by atoms with van der Waals surface area (Å²) in [5.74, 6) is 0. The molecule has 0 aromatic carbocycles. The lowest BCUT2D eigenvalue weighted by molar-refractivity contribution is 0.457. The fourth-order valence-electron chi connectivity index (χ4n) is 1.53. The van der Waals surface area contributed by atoms with Gasteiger partial charge in [0.1, 0.15) is 0 Å². The van der Waals surface area contributed by atoms with Crippen molar-refractivity contribution in [3.05, 3.63) is 18.0 Å². The molecule has 0 aliphatic heterocycles. The molecule has 13 heavy (non-hydrogen) atoms. The van der Waals surface area contributed by atoms with Gasteiger partial charge in [-0.15, -0.1) is 0 Å². The summed E-state index contributed by atoms with van der Waals surface area (Å²) < 4.78 is 1.88. The molecular formula is C11H20N2. The first-order valence-corrected chi connectivity index (χ1v) is 5.05. The molecule has 0 radical (unpaired) electrons. The monoisotopic (exact) mass is 180 g/mol. The van der Waals surface area contributed by atoms with Gasteiger partial charge in [-0.2, -0.15) is 5.10 Å². The van der Waals surface area contributed by atoms with E-state index in [0.29, 0.717) is 0 Å². The Bertz CT molecular complexity index is 261. The summed E-state index contributed by atoms with van der Waals surface area (Å²) >= 11 is 0. The van der Waals surface area contributed by atoms with Crippen LogP contribution in [0.4, 0.5) is 0 Å². The lowest BCUT2D eigenvalue weighted by atomic mass is 9.82. The first kappa shape index (κ1) is 10.3. The maximum atomic E-state index is 4.21. The van der Waals surface area contributed by atoms with Crippen LogP contribution < -0.4 is 0 Å². The highest BCUT2D eigenvalue weighted by atomic mass is 15.2. The third-order valence-electron chi connectivity index (χ3n) is 2.64. The molecule has 0 N–H and O–H groups in total. The molecule has 2 nitrogen and oxygen atoms in total. The van der Waals surface area contributed by atoms with Crippen molar-refractivity contribution in [2.24, 2.45) is 7.05 Å². The molecule has 1 rings (SSSR count). The highest BCUT2D eigenvalue weighted by molar-refractivity contribution is 5.16. The van der Waals surface area contributed by atoms with Gasteiger partial charge in [0, 0.05) is 13.2 Å². The second-order valence-electron chi connectivity index (χ2n) is 4.39. The van der Waals surface area contributed by atoms with Crippen LogP contribution in [-0.2, 0) is 12.5 Å². The van der Waals surface area contributed by atoms with Crippen LogP contribution in [0.3, 0.4) is 0 Å². The maximum absolute atomic E-state index is 4.21. The average Bonchev–Trinajstić information content (AvgIpc) is 2.49. The molecule has 0 saturated heterocycles. The summed E-state index contributed by atoms with van der Waals surface area (Å²) in [6, 6.07) is 0. The molecule has 0 unspecified atom stereocenters. The molecule has 0 amide bonds. The summed E-state index contributed by atoms with van der Waals surface area (Å²) in [4.78, 5) is 0. The van der Waals surface area contributed by atoms with E-state index < -0.39 is 0 Å². The van der Waals surface area contributed by atoms with Gasteiger partial charge in [0.25, 0.3) is 0 Å². The van der Waals surface area contributed by atoms with Crippen molar-refractivity contribution in [1.82, 2.24) is 9.78 Å². The molecule has 2 heteroatoms. The number of rotatable bonds is 4. The van der Waals surface area contributed by atoms with Crippen LogP contribution in [0.25, 0.3) is 0 Å². The van der Waals surface area contributed by atoms with Crippen LogP contribution in [0.15, 0.2) is 12.4 Å². The maximum Gasteiger partial charge on any atom is 0.0527 e. The molecule has 0 spiro atoms. The van der Waals surface area contributed by atoms with Gasteiger partial charge in [-0.1, -0.05) is 33.6 Å². The minimum atomic E-state index is 0.282. The summed E-state index contributed by atoms with van der Waals surface area (Å²) in [6.07, 6.45) is 7.91. The molecule has 1 aromatic heterocycles. The van der Waals surface area contributed by atoms with Gasteiger partial charge in [0.05, 0.1) is 6.20 Å². The summed E-state index contributed by atoms with van der Waals surface area (Å²) in [5, 5.41) is 4.21. The second-order valence-corrected chi connectivity index (χ2v) is 4.39. The average molecular weight is 180 g/mol. The normalized spacial score (nSPS) is 12.0. The fourth-order valence-corrected chi connectivity index (χ4v) is 1.53. The Labute approximate surface area is 81.0 Å². The molecule has 74 valence electrons. The molecule has 0 aliphatic rings. The van der Waals surface area contributed by atoms with E-state index in [-0.39, 0.29) is 5.41 Å². The number of hydrogen-bond acceptors (Lipinski definition) is 1. The molecule has 0 fully saturated rings. The van der Waals surface area contributed by atoms with Crippen LogP contribution in [0.1, 0.15) is 45.6 Å². The van der Waals surface area contributed by atoms with E-state index in [2.05, 4.69) is 32.1 Å². The summed E-state index contributed by atoms with van der Waals surface area (Å²) in [5.41, 5.74) is 1.63. The molecule has 1 heterocycles. The van der Waals surface area contributed by atoms with E-state index in [0.717, 1.165) is 0 Å². The van der Waals surface area contributed by atoms with Gasteiger partial charge < -0.3 is 0 Å². The van der Waals surface area contributed by atoms with Crippen molar-refractivity contribution in [1.29, 1.82) is 0 Å². The Morgan fingerprint density at radius 2 is 2.15 bits per heavy atom. The molecule has 0 bridgehead atoms. The number of unbranched alkanes of at least 4 members (excludes halogenated alkanes) is 1. The van der Waals surface area contributed by atoms with Crippen molar-refractivity contribution in [2.75, 3.05) is 0 Å². The zero-order valence-corrected chi connectivity index (χ0v) is 9.17.